The van der Waals surface area contributed by atoms with E-state index in [2.05, 4.69) is 5.32 Å². The Labute approximate surface area is 57.6 Å². The second-order valence-electron chi connectivity index (χ2n) is 2.24. The largest absolute Gasteiger partial charge is 0.465 e. The summed E-state index contributed by atoms with van der Waals surface area (Å²) in [4.78, 5) is 21.6. The van der Waals surface area contributed by atoms with Crippen molar-refractivity contribution in [2.45, 2.75) is 13.0 Å². The lowest BCUT2D eigenvalue weighted by Crippen LogP contribution is -2.32. The minimum atomic E-state index is -1.19. The number of amides is 3. The molecule has 2 N–H and O–H groups in total. The summed E-state index contributed by atoms with van der Waals surface area (Å²) in [5, 5.41) is 10.8. The highest BCUT2D eigenvalue weighted by atomic mass is 16.4. The number of nitrogens with zero attached hydrogens (tertiary/aromatic N) is 1. The zero-order chi connectivity index (χ0) is 7.72. The van der Waals surface area contributed by atoms with Crippen molar-refractivity contribution in [3.8, 4) is 0 Å². The fraction of sp³-hybridized carbons (Fsp3) is 0.600. The number of urea groups is 1. The van der Waals surface area contributed by atoms with Gasteiger partial charge in [0.05, 0.1) is 6.54 Å². The zero-order valence-corrected chi connectivity index (χ0v) is 5.50. The van der Waals surface area contributed by atoms with E-state index in [9.17, 15) is 9.59 Å². The molecule has 3 amide bonds. The zero-order valence-electron chi connectivity index (χ0n) is 5.50. The molecule has 1 fully saturated rings. The van der Waals surface area contributed by atoms with E-state index in [0.29, 0.717) is 0 Å². The van der Waals surface area contributed by atoms with Crippen LogP contribution in [0.5, 0.6) is 0 Å². The molecule has 1 heterocycles. The van der Waals surface area contributed by atoms with Gasteiger partial charge in [0.1, 0.15) is 0 Å². The number of hydrogen-bond acceptors (Lipinski definition) is 2. The Kier molecular flexibility index (Phi) is 1.48. The number of carboxylic acid groups (broad SMARTS) is 1. The Bertz CT molecular complexity index is 180. The van der Waals surface area contributed by atoms with E-state index < -0.39 is 12.1 Å². The second-order valence-corrected chi connectivity index (χ2v) is 2.24. The third-order valence-electron chi connectivity index (χ3n) is 1.30. The smallest absolute Gasteiger partial charge is 0.415 e. The van der Waals surface area contributed by atoms with E-state index in [-0.39, 0.29) is 12.6 Å². The number of hydrogen-bond donors (Lipinski definition) is 2. The van der Waals surface area contributed by atoms with Crippen LogP contribution in [0, 0.1) is 0 Å². The summed E-state index contributed by atoms with van der Waals surface area (Å²) in [5.74, 6) is 0. The third kappa shape index (κ3) is 1.02. The van der Waals surface area contributed by atoms with Gasteiger partial charge in [-0.1, -0.05) is 0 Å². The second kappa shape index (κ2) is 2.17. The molecule has 0 bridgehead atoms. The summed E-state index contributed by atoms with van der Waals surface area (Å²) in [6, 6.07) is -0.594. The van der Waals surface area contributed by atoms with Crippen LogP contribution in [0.3, 0.4) is 0 Å². The van der Waals surface area contributed by atoms with Crippen molar-refractivity contribution in [1.82, 2.24) is 10.2 Å². The van der Waals surface area contributed by atoms with Crippen LogP contribution in [0.1, 0.15) is 6.92 Å². The monoisotopic (exact) mass is 144 g/mol. The average molecular weight is 144 g/mol. The Morgan fingerprint density at radius 2 is 2.50 bits per heavy atom. The number of rotatable bonds is 0. The quantitative estimate of drug-likeness (QED) is 0.505. The van der Waals surface area contributed by atoms with Crippen LogP contribution in [0.25, 0.3) is 0 Å². The molecule has 1 rings (SSSR count). The van der Waals surface area contributed by atoms with Gasteiger partial charge >= 0.3 is 12.1 Å². The maximum absolute atomic E-state index is 10.7. The molecular formula is C5H8N2O3. The van der Waals surface area contributed by atoms with Crippen molar-refractivity contribution >= 4 is 12.1 Å². The molecule has 10 heavy (non-hydrogen) atoms. The van der Waals surface area contributed by atoms with E-state index in [4.69, 9.17) is 5.11 Å². The first-order valence-corrected chi connectivity index (χ1v) is 2.92. The Morgan fingerprint density at radius 3 is 2.70 bits per heavy atom. The van der Waals surface area contributed by atoms with E-state index >= 15 is 0 Å². The lowest BCUT2D eigenvalue weighted by atomic mass is 10.4. The van der Waals surface area contributed by atoms with E-state index in [1.807, 2.05) is 0 Å². The van der Waals surface area contributed by atoms with Crippen LogP contribution in [0.15, 0.2) is 0 Å². The first-order chi connectivity index (χ1) is 4.61. The average Bonchev–Trinajstić information content (AvgIpc) is 2.10. The molecule has 5 heteroatoms. The van der Waals surface area contributed by atoms with Gasteiger partial charge in [-0.2, -0.15) is 0 Å². The maximum atomic E-state index is 10.7. The Morgan fingerprint density at radius 1 is 1.90 bits per heavy atom. The summed E-state index contributed by atoms with van der Waals surface area (Å²) < 4.78 is 0. The van der Waals surface area contributed by atoms with Gasteiger partial charge in [0, 0.05) is 6.04 Å². The molecule has 1 aliphatic rings. The highest BCUT2D eigenvalue weighted by molar-refractivity contribution is 5.91. The van der Waals surface area contributed by atoms with Crippen molar-refractivity contribution in [3.63, 3.8) is 0 Å². The van der Waals surface area contributed by atoms with Gasteiger partial charge in [0.15, 0.2) is 0 Å². The molecular weight excluding hydrogens is 136 g/mol. The van der Waals surface area contributed by atoms with Crippen LogP contribution in [0.4, 0.5) is 9.59 Å². The van der Waals surface area contributed by atoms with E-state index in [1.165, 1.54) is 0 Å². The van der Waals surface area contributed by atoms with Gasteiger partial charge in [-0.25, -0.2) is 14.5 Å². The molecule has 5 nitrogen and oxygen atoms in total. The van der Waals surface area contributed by atoms with Crippen LogP contribution in [0.2, 0.25) is 0 Å². The summed E-state index contributed by atoms with van der Waals surface area (Å²) in [6.45, 7) is 2.00. The topological polar surface area (TPSA) is 69.6 Å². The van der Waals surface area contributed by atoms with Crippen LogP contribution in [-0.2, 0) is 0 Å². The standard InChI is InChI=1S/C5H8N2O3/c1-3-2-7(5(9)10)4(8)6-3/h3H,2H2,1H3,(H,6,8)(H,9,10). The lowest BCUT2D eigenvalue weighted by Gasteiger charge is -2.04. The summed E-state index contributed by atoms with van der Waals surface area (Å²) in [7, 11) is 0. The minimum absolute atomic E-state index is 0.0661. The van der Waals surface area contributed by atoms with Crippen molar-refractivity contribution in [1.29, 1.82) is 0 Å². The Balaban J connectivity index is 2.63. The number of carbonyl (C=O) groups is 2. The van der Waals surface area contributed by atoms with Crippen LogP contribution >= 0.6 is 0 Å². The minimum Gasteiger partial charge on any atom is -0.465 e. The third-order valence-corrected chi connectivity index (χ3v) is 1.30. The Hall–Kier alpha value is -1.26. The van der Waals surface area contributed by atoms with Crippen molar-refractivity contribution in [2.24, 2.45) is 0 Å². The highest BCUT2D eigenvalue weighted by Crippen LogP contribution is 2.02. The van der Waals surface area contributed by atoms with Gasteiger partial charge in [0.2, 0.25) is 0 Å². The van der Waals surface area contributed by atoms with Crippen LogP contribution in [-0.4, -0.2) is 34.7 Å². The predicted octanol–water partition coefficient (Wildman–Crippen LogP) is 0.0781. The molecule has 1 aliphatic heterocycles. The van der Waals surface area contributed by atoms with Gasteiger partial charge in [0.25, 0.3) is 0 Å². The lowest BCUT2D eigenvalue weighted by molar-refractivity contribution is 0.157. The normalized spacial score (nSPS) is 24.7. The predicted molar refractivity (Wildman–Crippen MR) is 32.7 cm³/mol. The molecule has 56 valence electrons. The number of nitrogens with one attached hydrogen (secondary N) is 1. The number of imide groups is 1. The number of carbonyl (C=O) groups excluding carboxylic acids is 1. The molecule has 1 atom stereocenters. The fourth-order valence-electron chi connectivity index (χ4n) is 0.856. The summed E-state index contributed by atoms with van der Waals surface area (Å²) in [5.41, 5.74) is 0. The van der Waals surface area contributed by atoms with E-state index in [0.717, 1.165) is 4.90 Å². The molecule has 0 spiro atoms. The summed E-state index contributed by atoms with van der Waals surface area (Å²) >= 11 is 0. The van der Waals surface area contributed by atoms with Gasteiger partial charge in [-0.15, -0.1) is 0 Å². The molecule has 0 aromatic heterocycles. The molecule has 1 saturated heterocycles. The fourth-order valence-corrected chi connectivity index (χ4v) is 0.856. The van der Waals surface area contributed by atoms with Gasteiger partial charge in [-0.3, -0.25) is 0 Å². The van der Waals surface area contributed by atoms with Gasteiger partial charge < -0.3 is 10.4 Å². The molecule has 0 aromatic carbocycles. The van der Waals surface area contributed by atoms with Crippen molar-refractivity contribution in [2.75, 3.05) is 6.54 Å². The molecule has 0 radical (unpaired) electrons. The first-order valence-electron chi connectivity index (χ1n) is 2.92. The molecule has 0 aliphatic carbocycles. The highest BCUT2D eigenvalue weighted by Gasteiger charge is 2.30. The van der Waals surface area contributed by atoms with Gasteiger partial charge in [-0.05, 0) is 6.92 Å². The summed E-state index contributed by atoms with van der Waals surface area (Å²) in [6.07, 6.45) is -1.19. The molecule has 1 unspecified atom stereocenters. The van der Waals surface area contributed by atoms with E-state index in [1.54, 1.807) is 6.92 Å². The van der Waals surface area contributed by atoms with Crippen LogP contribution < -0.4 is 5.32 Å². The molecule has 0 aromatic rings. The maximum Gasteiger partial charge on any atom is 0.415 e. The molecule has 0 saturated carbocycles. The van der Waals surface area contributed by atoms with Crippen molar-refractivity contribution in [3.05, 3.63) is 0 Å². The first kappa shape index (κ1) is 6.85. The SMILES string of the molecule is CC1CN(C(=O)O)C(=O)N1. The van der Waals surface area contributed by atoms with Crippen molar-refractivity contribution < 1.29 is 14.7 Å².